The zero-order chi connectivity index (χ0) is 35.1. The summed E-state index contributed by atoms with van der Waals surface area (Å²) >= 11 is 0. The molecule has 0 heterocycles. The predicted molar refractivity (Wildman–Crippen MR) is 199 cm³/mol. The standard InChI is InChI=1S/C39H79N2O5P/c1-6-8-10-12-14-16-18-20-22-24-26-28-30-32-37(38(40)36-46-47(43,44)45-35-34-41(3,4)5)39(42)33-31-29-27-25-23-21-19-17-15-13-11-9-7-2/h30,32,37-38H,6-29,31,33-36,40H2,1-5H3/b32-30+/t37-,38-/m1/s1. The highest BCUT2D eigenvalue weighted by Gasteiger charge is 2.25. The number of quaternary nitrogens is 1. The average Bonchev–Trinajstić information content (AvgIpc) is 3.01. The maximum atomic E-state index is 13.3. The van der Waals surface area contributed by atoms with Gasteiger partial charge in [-0.2, -0.15) is 0 Å². The molecule has 0 aliphatic heterocycles. The molecular formula is C39H79N2O5P. The first-order valence-corrected chi connectivity index (χ1v) is 21.3. The molecule has 0 spiro atoms. The molecule has 8 heteroatoms. The number of phosphoric acid groups is 1. The second kappa shape index (κ2) is 31.4. The van der Waals surface area contributed by atoms with Crippen molar-refractivity contribution in [2.45, 2.75) is 187 Å². The smallest absolute Gasteiger partial charge is 0.268 e. The van der Waals surface area contributed by atoms with Crippen LogP contribution in [0.5, 0.6) is 0 Å². The molecule has 0 aliphatic rings. The van der Waals surface area contributed by atoms with E-state index < -0.39 is 19.8 Å². The van der Waals surface area contributed by atoms with Crippen LogP contribution in [-0.4, -0.2) is 57.2 Å². The molecular weight excluding hydrogens is 607 g/mol. The minimum absolute atomic E-state index is 0.0415. The van der Waals surface area contributed by atoms with E-state index in [0.29, 0.717) is 17.4 Å². The van der Waals surface area contributed by atoms with Crippen LogP contribution in [0.15, 0.2) is 12.2 Å². The van der Waals surface area contributed by atoms with Gasteiger partial charge in [-0.15, -0.1) is 0 Å². The lowest BCUT2D eigenvalue weighted by atomic mass is 9.91. The van der Waals surface area contributed by atoms with E-state index in [4.69, 9.17) is 14.8 Å². The van der Waals surface area contributed by atoms with E-state index in [2.05, 4.69) is 19.9 Å². The van der Waals surface area contributed by atoms with E-state index >= 15 is 0 Å². The molecule has 0 bridgehead atoms. The SMILES string of the molecule is CCCCCCCCCCCCC/C=C/[C@@H](C(=O)CCCCCCCCCCCCCCC)[C@H](N)COP(=O)([O-])OCC[N+](C)(C)C. The van der Waals surface area contributed by atoms with Crippen molar-refractivity contribution in [3.63, 3.8) is 0 Å². The Kier molecular flexibility index (Phi) is 31.0. The Morgan fingerprint density at radius 2 is 1.09 bits per heavy atom. The fourth-order valence-electron chi connectivity index (χ4n) is 5.89. The summed E-state index contributed by atoms with van der Waals surface area (Å²) in [6, 6.07) is -0.734. The molecule has 3 atom stereocenters. The third-order valence-corrected chi connectivity index (χ3v) is 10.1. The van der Waals surface area contributed by atoms with E-state index in [1.807, 2.05) is 27.2 Å². The van der Waals surface area contributed by atoms with Gasteiger partial charge in [0.05, 0.1) is 33.7 Å². The molecule has 280 valence electrons. The van der Waals surface area contributed by atoms with Gasteiger partial charge in [-0.1, -0.05) is 167 Å². The summed E-state index contributed by atoms with van der Waals surface area (Å²) in [7, 11) is 1.40. The second-order valence-corrected chi connectivity index (χ2v) is 16.4. The van der Waals surface area contributed by atoms with Crippen LogP contribution in [0.2, 0.25) is 0 Å². The Labute approximate surface area is 292 Å². The number of rotatable bonds is 36. The molecule has 0 amide bonds. The molecule has 0 aliphatic carbocycles. The summed E-state index contributed by atoms with van der Waals surface area (Å²) in [5.74, 6) is -0.475. The summed E-state index contributed by atoms with van der Waals surface area (Å²) in [6.45, 7) is 4.83. The first-order valence-electron chi connectivity index (χ1n) is 19.9. The summed E-state index contributed by atoms with van der Waals surface area (Å²) < 4.78 is 23.1. The van der Waals surface area contributed by atoms with Gasteiger partial charge in [-0.3, -0.25) is 9.36 Å². The van der Waals surface area contributed by atoms with Gasteiger partial charge in [0.2, 0.25) is 0 Å². The molecule has 7 nitrogen and oxygen atoms in total. The van der Waals surface area contributed by atoms with Gasteiger partial charge in [0.1, 0.15) is 18.9 Å². The number of hydrogen-bond acceptors (Lipinski definition) is 6. The minimum atomic E-state index is -4.49. The second-order valence-electron chi connectivity index (χ2n) is 15.0. The number of nitrogens with two attached hydrogens (primary N) is 1. The number of Topliss-reactive ketones (excluding diaryl/α,β-unsaturated/α-hetero) is 1. The number of nitrogens with zero attached hydrogens (tertiary/aromatic N) is 1. The van der Waals surface area contributed by atoms with Gasteiger partial charge < -0.3 is 24.2 Å². The first-order chi connectivity index (χ1) is 22.5. The van der Waals surface area contributed by atoms with Crippen LogP contribution in [0.3, 0.4) is 0 Å². The Morgan fingerprint density at radius 1 is 0.681 bits per heavy atom. The lowest BCUT2D eigenvalue weighted by Crippen LogP contribution is -2.39. The molecule has 0 fully saturated rings. The van der Waals surface area contributed by atoms with Gasteiger partial charge >= 0.3 is 0 Å². The van der Waals surface area contributed by atoms with E-state index in [0.717, 1.165) is 32.1 Å². The number of ketones is 1. The molecule has 0 rings (SSSR count). The quantitative estimate of drug-likeness (QED) is 0.0305. The van der Waals surface area contributed by atoms with Gasteiger partial charge in [0.25, 0.3) is 7.82 Å². The van der Waals surface area contributed by atoms with Crippen molar-refractivity contribution in [2.75, 3.05) is 40.9 Å². The lowest BCUT2D eigenvalue weighted by Gasteiger charge is -2.28. The molecule has 0 radical (unpaired) electrons. The maximum Gasteiger partial charge on any atom is 0.268 e. The Balaban J connectivity index is 4.55. The topological polar surface area (TPSA) is 102 Å². The number of hydrogen-bond donors (Lipinski definition) is 1. The van der Waals surface area contributed by atoms with E-state index in [1.165, 1.54) is 128 Å². The number of carbonyl (C=O) groups is 1. The fourth-order valence-corrected chi connectivity index (χ4v) is 6.62. The third kappa shape index (κ3) is 32.4. The highest BCUT2D eigenvalue weighted by atomic mass is 31.2. The number of carbonyl (C=O) groups excluding carboxylic acids is 1. The number of phosphoric ester groups is 1. The Bertz CT molecular complexity index is 786. The van der Waals surface area contributed by atoms with Crippen LogP contribution >= 0.6 is 7.82 Å². The van der Waals surface area contributed by atoms with Gasteiger partial charge in [-0.05, 0) is 19.3 Å². The fraction of sp³-hybridized carbons (Fsp3) is 0.923. The van der Waals surface area contributed by atoms with Crippen molar-refractivity contribution in [1.29, 1.82) is 0 Å². The van der Waals surface area contributed by atoms with E-state index in [9.17, 15) is 14.3 Å². The van der Waals surface area contributed by atoms with Crippen LogP contribution < -0.4 is 10.6 Å². The zero-order valence-electron chi connectivity index (χ0n) is 31.8. The predicted octanol–water partition coefficient (Wildman–Crippen LogP) is 10.4. The molecule has 47 heavy (non-hydrogen) atoms. The highest BCUT2D eigenvalue weighted by Crippen LogP contribution is 2.38. The Morgan fingerprint density at radius 3 is 1.51 bits per heavy atom. The lowest BCUT2D eigenvalue weighted by molar-refractivity contribution is -0.870. The summed E-state index contributed by atoms with van der Waals surface area (Å²) in [6.07, 6.45) is 36.0. The van der Waals surface area contributed by atoms with Crippen molar-refractivity contribution in [3.8, 4) is 0 Å². The largest absolute Gasteiger partial charge is 0.756 e. The highest BCUT2D eigenvalue weighted by molar-refractivity contribution is 7.45. The summed E-state index contributed by atoms with van der Waals surface area (Å²) in [4.78, 5) is 25.6. The van der Waals surface area contributed by atoms with E-state index in [1.54, 1.807) is 0 Å². The van der Waals surface area contributed by atoms with Crippen molar-refractivity contribution < 1.29 is 27.8 Å². The van der Waals surface area contributed by atoms with Crippen molar-refractivity contribution in [3.05, 3.63) is 12.2 Å². The van der Waals surface area contributed by atoms with E-state index in [-0.39, 0.29) is 19.0 Å². The molecule has 0 aromatic heterocycles. The molecule has 1 unspecified atom stereocenters. The molecule has 0 saturated carbocycles. The molecule has 0 aromatic rings. The average molecular weight is 687 g/mol. The third-order valence-electron chi connectivity index (χ3n) is 9.11. The van der Waals surface area contributed by atoms with Crippen molar-refractivity contribution in [1.82, 2.24) is 0 Å². The summed E-state index contributed by atoms with van der Waals surface area (Å²) in [5.41, 5.74) is 6.40. The van der Waals surface area contributed by atoms with Crippen LogP contribution in [0.4, 0.5) is 0 Å². The van der Waals surface area contributed by atoms with Crippen LogP contribution in [-0.2, 0) is 18.4 Å². The van der Waals surface area contributed by atoms with Crippen LogP contribution in [0.25, 0.3) is 0 Å². The van der Waals surface area contributed by atoms with Gasteiger partial charge in [-0.25, -0.2) is 0 Å². The monoisotopic (exact) mass is 687 g/mol. The molecule has 0 saturated heterocycles. The molecule has 0 aromatic carbocycles. The van der Waals surface area contributed by atoms with Crippen LogP contribution in [0.1, 0.15) is 181 Å². The first kappa shape index (κ1) is 46.4. The zero-order valence-corrected chi connectivity index (χ0v) is 32.7. The van der Waals surface area contributed by atoms with Crippen molar-refractivity contribution in [2.24, 2.45) is 11.7 Å². The number of likely N-dealkylation sites (N-methyl/N-ethyl adjacent to an activating group) is 1. The van der Waals surface area contributed by atoms with Gasteiger partial charge in [0.15, 0.2) is 0 Å². The normalized spacial score (nSPS) is 14.9. The van der Waals surface area contributed by atoms with Gasteiger partial charge in [0, 0.05) is 12.5 Å². The maximum absolute atomic E-state index is 13.3. The summed E-state index contributed by atoms with van der Waals surface area (Å²) in [5, 5.41) is 0. The number of unbranched alkanes of at least 4 members (excludes halogenated alkanes) is 23. The molecule has 2 N–H and O–H groups in total. The van der Waals surface area contributed by atoms with Crippen molar-refractivity contribution >= 4 is 13.6 Å². The Hall–Kier alpha value is -0.560. The minimum Gasteiger partial charge on any atom is -0.756 e. The number of allylic oxidation sites excluding steroid dienone is 1. The van der Waals surface area contributed by atoms with Crippen LogP contribution in [0, 0.1) is 5.92 Å².